The molecule has 3 rings (SSSR count). The molecule has 1 aromatic heterocycles. The van der Waals surface area contributed by atoms with Crippen molar-refractivity contribution < 1.29 is 4.39 Å². The van der Waals surface area contributed by atoms with Crippen LogP contribution in [0.4, 0.5) is 10.2 Å². The number of aryl methyl sites for hydroxylation is 1. The smallest absolute Gasteiger partial charge is 0.161 e. The van der Waals surface area contributed by atoms with Crippen molar-refractivity contribution in [1.82, 2.24) is 15.3 Å². The number of rotatable bonds is 3. The van der Waals surface area contributed by atoms with Gasteiger partial charge in [-0.3, -0.25) is 0 Å². The molecule has 0 radical (unpaired) electrons. The van der Waals surface area contributed by atoms with Gasteiger partial charge in [0.2, 0.25) is 0 Å². The summed E-state index contributed by atoms with van der Waals surface area (Å²) in [7, 11) is 0. The first-order valence-corrected chi connectivity index (χ1v) is 8.28. The fourth-order valence-corrected chi connectivity index (χ4v) is 3.07. The standard InChI is InChI=1S/C18H23FN4/c1-3-16-13(2)21-17(14-6-4-7-15(19)12-14)22-18(16)23-10-5-8-20-9-11-23/h4,6-7,12,20H,3,5,8-11H2,1-2H3. The second-order valence-corrected chi connectivity index (χ2v) is 5.89. The summed E-state index contributed by atoms with van der Waals surface area (Å²) in [5.74, 6) is 1.35. The molecular formula is C18H23FN4. The van der Waals surface area contributed by atoms with Gasteiger partial charge in [0.05, 0.1) is 0 Å². The maximum Gasteiger partial charge on any atom is 0.161 e. The zero-order chi connectivity index (χ0) is 16.2. The average molecular weight is 314 g/mol. The van der Waals surface area contributed by atoms with Gasteiger partial charge in [-0.05, 0) is 38.4 Å². The molecule has 0 saturated carbocycles. The van der Waals surface area contributed by atoms with Crippen molar-refractivity contribution in [2.24, 2.45) is 0 Å². The molecule has 1 saturated heterocycles. The van der Waals surface area contributed by atoms with E-state index >= 15 is 0 Å². The molecule has 1 aliphatic rings. The summed E-state index contributed by atoms with van der Waals surface area (Å²) in [6.45, 7) is 8.07. The Hall–Kier alpha value is -2.01. The summed E-state index contributed by atoms with van der Waals surface area (Å²) in [4.78, 5) is 11.7. The second-order valence-electron chi connectivity index (χ2n) is 5.89. The Bertz CT molecular complexity index is 679. The van der Waals surface area contributed by atoms with E-state index in [0.717, 1.165) is 56.1 Å². The molecule has 5 heteroatoms. The van der Waals surface area contributed by atoms with Crippen molar-refractivity contribution in [2.75, 3.05) is 31.1 Å². The molecular weight excluding hydrogens is 291 g/mol. The topological polar surface area (TPSA) is 41.1 Å². The number of nitrogens with one attached hydrogen (secondary N) is 1. The highest BCUT2D eigenvalue weighted by Gasteiger charge is 2.18. The third kappa shape index (κ3) is 3.50. The van der Waals surface area contributed by atoms with E-state index in [0.29, 0.717) is 5.82 Å². The quantitative estimate of drug-likeness (QED) is 0.946. The molecule has 4 nitrogen and oxygen atoms in total. The summed E-state index contributed by atoms with van der Waals surface area (Å²) in [5, 5.41) is 3.42. The lowest BCUT2D eigenvalue weighted by atomic mass is 10.1. The van der Waals surface area contributed by atoms with Gasteiger partial charge in [-0.1, -0.05) is 19.1 Å². The van der Waals surface area contributed by atoms with Crippen LogP contribution in [-0.2, 0) is 6.42 Å². The van der Waals surface area contributed by atoms with Crippen LogP contribution < -0.4 is 10.2 Å². The Morgan fingerprint density at radius 2 is 2.09 bits per heavy atom. The maximum absolute atomic E-state index is 13.5. The molecule has 0 aliphatic carbocycles. The van der Waals surface area contributed by atoms with E-state index in [9.17, 15) is 4.39 Å². The Kier molecular flexibility index (Phi) is 4.86. The van der Waals surface area contributed by atoms with Crippen LogP contribution >= 0.6 is 0 Å². The van der Waals surface area contributed by atoms with Gasteiger partial charge in [0, 0.05) is 36.5 Å². The van der Waals surface area contributed by atoms with Crippen LogP contribution in [0.5, 0.6) is 0 Å². The molecule has 0 bridgehead atoms. The van der Waals surface area contributed by atoms with Crippen LogP contribution in [0.15, 0.2) is 24.3 Å². The van der Waals surface area contributed by atoms with E-state index in [1.807, 2.05) is 13.0 Å². The summed E-state index contributed by atoms with van der Waals surface area (Å²) >= 11 is 0. The van der Waals surface area contributed by atoms with E-state index in [4.69, 9.17) is 4.98 Å². The van der Waals surface area contributed by atoms with Gasteiger partial charge in [-0.25, -0.2) is 14.4 Å². The number of hydrogen-bond donors (Lipinski definition) is 1. The minimum Gasteiger partial charge on any atom is -0.355 e. The summed E-state index contributed by atoms with van der Waals surface area (Å²) < 4.78 is 13.5. The van der Waals surface area contributed by atoms with Crippen molar-refractivity contribution in [3.05, 3.63) is 41.3 Å². The lowest BCUT2D eigenvalue weighted by Crippen LogP contribution is -2.30. The normalized spacial score (nSPS) is 15.5. The first-order valence-electron chi connectivity index (χ1n) is 8.28. The third-order valence-electron chi connectivity index (χ3n) is 4.27. The second kappa shape index (κ2) is 7.04. The van der Waals surface area contributed by atoms with Crippen molar-refractivity contribution in [3.8, 4) is 11.4 Å². The van der Waals surface area contributed by atoms with E-state index in [1.54, 1.807) is 6.07 Å². The molecule has 0 atom stereocenters. The first-order chi connectivity index (χ1) is 11.2. The zero-order valence-electron chi connectivity index (χ0n) is 13.8. The van der Waals surface area contributed by atoms with E-state index in [2.05, 4.69) is 22.1 Å². The Balaban J connectivity index is 2.06. The first kappa shape index (κ1) is 15.9. The Labute approximate surface area is 136 Å². The van der Waals surface area contributed by atoms with Gasteiger partial charge in [0.1, 0.15) is 11.6 Å². The van der Waals surface area contributed by atoms with Gasteiger partial charge in [0.15, 0.2) is 5.82 Å². The molecule has 2 aromatic rings. The van der Waals surface area contributed by atoms with Crippen molar-refractivity contribution in [2.45, 2.75) is 26.7 Å². The van der Waals surface area contributed by atoms with Crippen LogP contribution in [0.3, 0.4) is 0 Å². The largest absolute Gasteiger partial charge is 0.355 e. The van der Waals surface area contributed by atoms with Crippen LogP contribution in [0.25, 0.3) is 11.4 Å². The van der Waals surface area contributed by atoms with E-state index < -0.39 is 0 Å². The molecule has 2 heterocycles. The molecule has 1 N–H and O–H groups in total. The summed E-state index contributed by atoms with van der Waals surface area (Å²) in [6.07, 6.45) is 2.00. The molecule has 23 heavy (non-hydrogen) atoms. The molecule has 1 fully saturated rings. The fraction of sp³-hybridized carbons (Fsp3) is 0.444. The molecule has 1 aromatic carbocycles. The Morgan fingerprint density at radius 3 is 2.87 bits per heavy atom. The van der Waals surface area contributed by atoms with Crippen LogP contribution in [-0.4, -0.2) is 36.1 Å². The lowest BCUT2D eigenvalue weighted by Gasteiger charge is -2.25. The van der Waals surface area contributed by atoms with Gasteiger partial charge in [0.25, 0.3) is 0 Å². The highest BCUT2D eigenvalue weighted by atomic mass is 19.1. The monoisotopic (exact) mass is 314 g/mol. The average Bonchev–Trinajstić information content (AvgIpc) is 2.83. The number of aromatic nitrogens is 2. The number of halogens is 1. The summed E-state index contributed by atoms with van der Waals surface area (Å²) in [6, 6.07) is 6.50. The van der Waals surface area contributed by atoms with Gasteiger partial charge < -0.3 is 10.2 Å². The number of anilines is 1. The highest BCUT2D eigenvalue weighted by molar-refractivity contribution is 5.60. The molecule has 0 spiro atoms. The van der Waals surface area contributed by atoms with Gasteiger partial charge in [-0.15, -0.1) is 0 Å². The number of hydrogen-bond acceptors (Lipinski definition) is 4. The van der Waals surface area contributed by atoms with Crippen molar-refractivity contribution in [1.29, 1.82) is 0 Å². The van der Waals surface area contributed by atoms with Crippen LogP contribution in [0, 0.1) is 12.7 Å². The highest BCUT2D eigenvalue weighted by Crippen LogP contribution is 2.26. The minimum atomic E-state index is -0.260. The lowest BCUT2D eigenvalue weighted by molar-refractivity contribution is 0.628. The SMILES string of the molecule is CCc1c(C)nc(-c2cccc(F)c2)nc1N1CCCNCC1. The molecule has 0 amide bonds. The van der Waals surface area contributed by atoms with Crippen molar-refractivity contribution in [3.63, 3.8) is 0 Å². The third-order valence-corrected chi connectivity index (χ3v) is 4.27. The summed E-state index contributed by atoms with van der Waals surface area (Å²) in [5.41, 5.74) is 2.89. The predicted octanol–water partition coefficient (Wildman–Crippen LogP) is 2.95. The number of benzene rings is 1. The molecule has 1 aliphatic heterocycles. The number of nitrogens with zero attached hydrogens (tertiary/aromatic N) is 3. The van der Waals surface area contributed by atoms with Gasteiger partial charge >= 0.3 is 0 Å². The van der Waals surface area contributed by atoms with Crippen LogP contribution in [0.2, 0.25) is 0 Å². The van der Waals surface area contributed by atoms with E-state index in [-0.39, 0.29) is 5.82 Å². The van der Waals surface area contributed by atoms with E-state index in [1.165, 1.54) is 17.7 Å². The van der Waals surface area contributed by atoms with Crippen molar-refractivity contribution >= 4 is 5.82 Å². The predicted molar refractivity (Wildman–Crippen MR) is 91.2 cm³/mol. The maximum atomic E-state index is 13.5. The van der Waals surface area contributed by atoms with Crippen LogP contribution in [0.1, 0.15) is 24.6 Å². The molecule has 0 unspecified atom stereocenters. The minimum absolute atomic E-state index is 0.260. The Morgan fingerprint density at radius 1 is 1.22 bits per heavy atom. The molecule has 122 valence electrons. The zero-order valence-corrected chi connectivity index (χ0v) is 13.8. The fourth-order valence-electron chi connectivity index (χ4n) is 3.07. The van der Waals surface area contributed by atoms with Gasteiger partial charge in [-0.2, -0.15) is 0 Å².